The van der Waals surface area contributed by atoms with Crippen LogP contribution in [0.2, 0.25) is 0 Å². The van der Waals surface area contributed by atoms with E-state index in [2.05, 4.69) is 0 Å². The highest BCUT2D eigenvalue weighted by Gasteiger charge is 2.17. The standard InChI is InChI=1S/C19H21N3O3S/c1-11-12(2)26-17-16(11)18(23)22(15(20-17)10-21(3)4)9-13-6-5-7-14(8-13)19(24)25/h5-8H,9-10H2,1-4H3,(H,24,25). The van der Waals surface area contributed by atoms with Gasteiger partial charge < -0.3 is 10.0 Å². The third-order valence-corrected chi connectivity index (χ3v) is 5.44. The van der Waals surface area contributed by atoms with Gasteiger partial charge in [-0.15, -0.1) is 11.3 Å². The fourth-order valence-corrected chi connectivity index (χ4v) is 3.96. The fourth-order valence-electron chi connectivity index (χ4n) is 2.92. The smallest absolute Gasteiger partial charge is 0.335 e. The Hall–Kier alpha value is -2.51. The molecule has 0 saturated heterocycles. The first-order chi connectivity index (χ1) is 12.3. The lowest BCUT2D eigenvalue weighted by molar-refractivity contribution is 0.0696. The molecule has 2 aromatic heterocycles. The number of thiophene rings is 1. The minimum absolute atomic E-state index is 0.0746. The van der Waals surface area contributed by atoms with Crippen LogP contribution in [-0.2, 0) is 13.1 Å². The third kappa shape index (κ3) is 3.40. The number of benzene rings is 1. The summed E-state index contributed by atoms with van der Waals surface area (Å²) in [5.41, 5.74) is 1.86. The molecule has 1 N–H and O–H groups in total. The van der Waals surface area contributed by atoms with E-state index in [1.807, 2.05) is 38.9 Å². The largest absolute Gasteiger partial charge is 0.478 e. The lowest BCUT2D eigenvalue weighted by Gasteiger charge is -2.16. The molecule has 0 unspecified atom stereocenters. The Balaban J connectivity index is 2.18. The molecule has 7 heteroatoms. The molecule has 0 aliphatic heterocycles. The Bertz CT molecular complexity index is 1050. The van der Waals surface area contributed by atoms with Gasteiger partial charge in [0.1, 0.15) is 10.7 Å². The summed E-state index contributed by atoms with van der Waals surface area (Å²) in [7, 11) is 3.85. The van der Waals surface area contributed by atoms with Crippen molar-refractivity contribution in [3.05, 3.63) is 62.0 Å². The Morgan fingerprint density at radius 1 is 1.31 bits per heavy atom. The summed E-state index contributed by atoms with van der Waals surface area (Å²) in [5.74, 6) is -0.305. The van der Waals surface area contributed by atoms with Crippen LogP contribution in [0.4, 0.5) is 0 Å². The van der Waals surface area contributed by atoms with E-state index in [1.54, 1.807) is 22.8 Å². The molecule has 0 aliphatic rings. The highest BCUT2D eigenvalue weighted by molar-refractivity contribution is 7.18. The number of rotatable bonds is 5. The summed E-state index contributed by atoms with van der Waals surface area (Å²) in [5, 5.41) is 9.85. The van der Waals surface area contributed by atoms with E-state index in [0.29, 0.717) is 24.3 Å². The average Bonchev–Trinajstić information content (AvgIpc) is 2.85. The second-order valence-corrected chi connectivity index (χ2v) is 7.83. The molecule has 0 aliphatic carbocycles. The molecule has 0 atom stereocenters. The predicted molar refractivity (Wildman–Crippen MR) is 103 cm³/mol. The second-order valence-electron chi connectivity index (χ2n) is 6.63. The number of carbonyl (C=O) groups is 1. The van der Waals surface area contributed by atoms with Crippen LogP contribution in [0.25, 0.3) is 10.2 Å². The Labute approximate surface area is 155 Å². The van der Waals surface area contributed by atoms with Crippen molar-refractivity contribution in [3.63, 3.8) is 0 Å². The number of carboxylic acids is 1. The van der Waals surface area contributed by atoms with Gasteiger partial charge in [0.05, 0.1) is 24.0 Å². The third-order valence-electron chi connectivity index (χ3n) is 4.34. The van der Waals surface area contributed by atoms with Crippen LogP contribution in [-0.4, -0.2) is 39.6 Å². The zero-order valence-electron chi connectivity index (χ0n) is 15.2. The highest BCUT2D eigenvalue weighted by Crippen LogP contribution is 2.26. The number of hydrogen-bond donors (Lipinski definition) is 1. The number of aryl methyl sites for hydroxylation is 2. The molecule has 3 aromatic rings. The molecule has 0 saturated carbocycles. The summed E-state index contributed by atoms with van der Waals surface area (Å²) < 4.78 is 1.66. The molecule has 0 fully saturated rings. The normalized spacial score (nSPS) is 11.4. The quantitative estimate of drug-likeness (QED) is 0.746. The van der Waals surface area contributed by atoms with Gasteiger partial charge in [0, 0.05) is 4.88 Å². The van der Waals surface area contributed by atoms with Gasteiger partial charge in [0.25, 0.3) is 5.56 Å². The summed E-state index contributed by atoms with van der Waals surface area (Å²) in [6, 6.07) is 6.67. The van der Waals surface area contributed by atoms with Gasteiger partial charge in [-0.1, -0.05) is 12.1 Å². The molecular weight excluding hydrogens is 350 g/mol. The van der Waals surface area contributed by atoms with Crippen LogP contribution in [0, 0.1) is 13.8 Å². The van der Waals surface area contributed by atoms with E-state index < -0.39 is 5.97 Å². The molecular formula is C19H21N3O3S. The van der Waals surface area contributed by atoms with Gasteiger partial charge >= 0.3 is 5.97 Å². The first kappa shape index (κ1) is 18.3. The Morgan fingerprint density at radius 3 is 2.69 bits per heavy atom. The second kappa shape index (κ2) is 7.01. The topological polar surface area (TPSA) is 75.4 Å². The molecule has 2 heterocycles. The van der Waals surface area contributed by atoms with Crippen LogP contribution >= 0.6 is 11.3 Å². The lowest BCUT2D eigenvalue weighted by Crippen LogP contribution is -2.28. The van der Waals surface area contributed by atoms with Crippen molar-refractivity contribution in [1.29, 1.82) is 0 Å². The lowest BCUT2D eigenvalue weighted by atomic mass is 10.1. The zero-order valence-corrected chi connectivity index (χ0v) is 16.1. The number of fused-ring (bicyclic) bond motifs is 1. The summed E-state index contributed by atoms with van der Waals surface area (Å²) in [6.07, 6.45) is 0. The first-order valence-corrected chi connectivity index (χ1v) is 9.06. The number of hydrogen-bond acceptors (Lipinski definition) is 5. The van der Waals surface area contributed by atoms with E-state index in [9.17, 15) is 14.7 Å². The molecule has 0 spiro atoms. The zero-order chi connectivity index (χ0) is 19.0. The Morgan fingerprint density at radius 2 is 2.04 bits per heavy atom. The molecule has 3 rings (SSSR count). The van der Waals surface area contributed by atoms with Gasteiger partial charge in [-0.05, 0) is 51.2 Å². The monoisotopic (exact) mass is 371 g/mol. The summed E-state index contributed by atoms with van der Waals surface area (Å²) in [6.45, 7) is 4.76. The van der Waals surface area contributed by atoms with Crippen molar-refractivity contribution in [2.75, 3.05) is 14.1 Å². The van der Waals surface area contributed by atoms with Crippen LogP contribution in [0.1, 0.15) is 32.2 Å². The molecule has 0 amide bonds. The minimum Gasteiger partial charge on any atom is -0.478 e. The van der Waals surface area contributed by atoms with Crippen molar-refractivity contribution in [3.8, 4) is 0 Å². The number of carboxylic acid groups (broad SMARTS) is 1. The maximum atomic E-state index is 13.2. The summed E-state index contributed by atoms with van der Waals surface area (Å²) >= 11 is 1.53. The van der Waals surface area contributed by atoms with Crippen LogP contribution in [0.5, 0.6) is 0 Å². The van der Waals surface area contributed by atoms with Crippen molar-refractivity contribution < 1.29 is 9.90 Å². The van der Waals surface area contributed by atoms with Crippen molar-refractivity contribution in [1.82, 2.24) is 14.5 Å². The maximum Gasteiger partial charge on any atom is 0.335 e. The van der Waals surface area contributed by atoms with Crippen molar-refractivity contribution in [2.24, 2.45) is 0 Å². The van der Waals surface area contributed by atoms with Gasteiger partial charge in [-0.2, -0.15) is 0 Å². The maximum absolute atomic E-state index is 13.2. The molecule has 6 nitrogen and oxygen atoms in total. The Kier molecular flexibility index (Phi) is 4.93. The van der Waals surface area contributed by atoms with Gasteiger partial charge in [-0.25, -0.2) is 9.78 Å². The molecule has 26 heavy (non-hydrogen) atoms. The number of nitrogens with zero attached hydrogens (tertiary/aromatic N) is 3. The first-order valence-electron chi connectivity index (χ1n) is 8.24. The highest BCUT2D eigenvalue weighted by atomic mass is 32.1. The fraction of sp³-hybridized carbons (Fsp3) is 0.316. The number of aromatic carboxylic acids is 1. The van der Waals surface area contributed by atoms with Crippen LogP contribution in [0.15, 0.2) is 29.1 Å². The van der Waals surface area contributed by atoms with Gasteiger partial charge in [-0.3, -0.25) is 9.36 Å². The van der Waals surface area contributed by atoms with Gasteiger partial charge in [0.15, 0.2) is 0 Å². The average molecular weight is 371 g/mol. The predicted octanol–water partition coefficient (Wildman–Crippen LogP) is 2.88. The van der Waals surface area contributed by atoms with E-state index >= 15 is 0 Å². The van der Waals surface area contributed by atoms with Crippen molar-refractivity contribution in [2.45, 2.75) is 26.9 Å². The van der Waals surface area contributed by atoms with E-state index in [4.69, 9.17) is 4.98 Å². The number of aromatic nitrogens is 2. The molecule has 0 radical (unpaired) electrons. The van der Waals surface area contributed by atoms with E-state index in [1.165, 1.54) is 11.3 Å². The van der Waals surface area contributed by atoms with Crippen LogP contribution < -0.4 is 5.56 Å². The summed E-state index contributed by atoms with van der Waals surface area (Å²) in [4.78, 5) is 33.0. The molecule has 0 bridgehead atoms. The molecule has 136 valence electrons. The minimum atomic E-state index is -0.981. The van der Waals surface area contributed by atoms with E-state index in [-0.39, 0.29) is 11.1 Å². The SMILES string of the molecule is Cc1sc2nc(CN(C)C)n(Cc3cccc(C(=O)O)c3)c(=O)c2c1C. The van der Waals surface area contributed by atoms with E-state index in [0.717, 1.165) is 20.8 Å². The molecule has 1 aromatic carbocycles. The van der Waals surface area contributed by atoms with Crippen LogP contribution in [0.3, 0.4) is 0 Å². The van der Waals surface area contributed by atoms with Crippen molar-refractivity contribution >= 4 is 27.5 Å². The van der Waals surface area contributed by atoms with Gasteiger partial charge in [0.2, 0.25) is 0 Å².